The molecule has 172 valence electrons. The van der Waals surface area contributed by atoms with Gasteiger partial charge in [-0.25, -0.2) is 13.1 Å². The molecule has 4 rings (SSSR count). The molecule has 2 amide bonds. The van der Waals surface area contributed by atoms with Crippen molar-refractivity contribution in [1.29, 1.82) is 0 Å². The largest absolute Gasteiger partial charge is 0.497 e. The zero-order valence-corrected chi connectivity index (χ0v) is 18.7. The second-order valence-corrected chi connectivity index (χ2v) is 9.29. The third-order valence-electron chi connectivity index (χ3n) is 5.29. The van der Waals surface area contributed by atoms with Gasteiger partial charge in [0.1, 0.15) is 11.5 Å². The van der Waals surface area contributed by atoms with Crippen LogP contribution in [0.1, 0.15) is 12.2 Å². The summed E-state index contributed by atoms with van der Waals surface area (Å²) in [7, 11) is -2.27. The number of anilines is 2. The first kappa shape index (κ1) is 22.6. The summed E-state index contributed by atoms with van der Waals surface area (Å²) in [6.07, 6.45) is 1.52. The lowest BCUT2D eigenvalue weighted by Gasteiger charge is -2.17. The molecular formula is C23H23N3O6S. The fourth-order valence-electron chi connectivity index (χ4n) is 3.56. The minimum atomic E-state index is -3.81. The average Bonchev–Trinajstić information content (AvgIpc) is 3.48. The summed E-state index contributed by atoms with van der Waals surface area (Å²) in [4.78, 5) is 26.9. The fraction of sp³-hybridized carbons (Fsp3) is 0.217. The molecule has 1 saturated heterocycles. The normalized spacial score (nSPS) is 16.1. The lowest BCUT2D eigenvalue weighted by Crippen LogP contribution is -2.28. The van der Waals surface area contributed by atoms with Crippen LogP contribution in [0.4, 0.5) is 11.4 Å². The maximum Gasteiger partial charge on any atom is 0.241 e. The van der Waals surface area contributed by atoms with Gasteiger partial charge in [0.15, 0.2) is 0 Å². The SMILES string of the molecule is COc1cccc(N2CC(C(=O)Nc3cccc(S(=O)(=O)NCc4ccco4)c3)CC2=O)c1. The molecular weight excluding hydrogens is 446 g/mol. The van der Waals surface area contributed by atoms with Crippen molar-refractivity contribution in [2.75, 3.05) is 23.9 Å². The lowest BCUT2D eigenvalue weighted by molar-refractivity contribution is -0.122. The highest BCUT2D eigenvalue weighted by Crippen LogP contribution is 2.28. The number of hydrogen-bond donors (Lipinski definition) is 2. The van der Waals surface area contributed by atoms with Crippen molar-refractivity contribution in [2.24, 2.45) is 5.92 Å². The van der Waals surface area contributed by atoms with E-state index in [1.54, 1.807) is 60.5 Å². The molecule has 1 aromatic heterocycles. The van der Waals surface area contributed by atoms with Crippen LogP contribution in [-0.2, 0) is 26.2 Å². The highest BCUT2D eigenvalue weighted by Gasteiger charge is 2.35. The Kier molecular flexibility index (Phi) is 6.47. The Morgan fingerprint density at radius 2 is 1.97 bits per heavy atom. The first-order valence-electron chi connectivity index (χ1n) is 10.2. The molecule has 0 bridgehead atoms. The van der Waals surface area contributed by atoms with E-state index in [9.17, 15) is 18.0 Å². The number of carbonyl (C=O) groups is 2. The number of nitrogens with one attached hydrogen (secondary N) is 2. The molecule has 0 radical (unpaired) electrons. The molecule has 9 nitrogen and oxygen atoms in total. The van der Waals surface area contributed by atoms with E-state index in [0.29, 0.717) is 22.9 Å². The first-order chi connectivity index (χ1) is 15.9. The molecule has 0 spiro atoms. The van der Waals surface area contributed by atoms with Crippen molar-refractivity contribution in [3.63, 3.8) is 0 Å². The quantitative estimate of drug-likeness (QED) is 0.524. The van der Waals surface area contributed by atoms with E-state index in [-0.39, 0.29) is 36.2 Å². The predicted molar refractivity (Wildman–Crippen MR) is 121 cm³/mol. The maximum atomic E-state index is 12.8. The van der Waals surface area contributed by atoms with Gasteiger partial charge in [0.2, 0.25) is 21.8 Å². The van der Waals surface area contributed by atoms with Gasteiger partial charge in [-0.2, -0.15) is 0 Å². The summed E-state index contributed by atoms with van der Waals surface area (Å²) in [5, 5.41) is 2.73. The van der Waals surface area contributed by atoms with Crippen molar-refractivity contribution in [3.05, 3.63) is 72.7 Å². The Balaban J connectivity index is 1.42. The second-order valence-electron chi connectivity index (χ2n) is 7.53. The van der Waals surface area contributed by atoms with Gasteiger partial charge in [0, 0.05) is 30.4 Å². The van der Waals surface area contributed by atoms with E-state index >= 15 is 0 Å². The summed E-state index contributed by atoms with van der Waals surface area (Å²) >= 11 is 0. The van der Waals surface area contributed by atoms with Gasteiger partial charge in [0.05, 0.1) is 30.7 Å². The Morgan fingerprint density at radius 1 is 1.15 bits per heavy atom. The number of furan rings is 1. The van der Waals surface area contributed by atoms with E-state index < -0.39 is 15.9 Å². The Labute approximate surface area is 191 Å². The van der Waals surface area contributed by atoms with Crippen LogP contribution in [0.2, 0.25) is 0 Å². The summed E-state index contributed by atoms with van der Waals surface area (Å²) in [5.74, 6) is 0.0103. The molecule has 1 atom stereocenters. The summed E-state index contributed by atoms with van der Waals surface area (Å²) in [6, 6.07) is 16.4. The van der Waals surface area contributed by atoms with E-state index in [0.717, 1.165) is 0 Å². The number of methoxy groups -OCH3 is 1. The van der Waals surface area contributed by atoms with Crippen molar-refractivity contribution in [1.82, 2.24) is 4.72 Å². The Bertz CT molecular complexity index is 1260. The van der Waals surface area contributed by atoms with Crippen LogP contribution in [0.5, 0.6) is 5.75 Å². The number of rotatable bonds is 8. The number of nitrogens with zero attached hydrogens (tertiary/aromatic N) is 1. The first-order valence-corrected chi connectivity index (χ1v) is 11.7. The molecule has 0 saturated carbocycles. The second kappa shape index (κ2) is 9.47. The van der Waals surface area contributed by atoms with E-state index in [1.807, 2.05) is 0 Å². The average molecular weight is 470 g/mol. The monoisotopic (exact) mass is 469 g/mol. The minimum Gasteiger partial charge on any atom is -0.497 e. The van der Waals surface area contributed by atoms with Crippen molar-refractivity contribution >= 4 is 33.2 Å². The molecule has 2 heterocycles. The highest BCUT2D eigenvalue weighted by molar-refractivity contribution is 7.89. The zero-order chi connectivity index (χ0) is 23.4. The Morgan fingerprint density at radius 3 is 2.73 bits per heavy atom. The molecule has 33 heavy (non-hydrogen) atoms. The molecule has 3 aromatic rings. The number of sulfonamides is 1. The van der Waals surface area contributed by atoms with Crippen LogP contribution in [0.25, 0.3) is 0 Å². The molecule has 1 aliphatic heterocycles. The van der Waals surface area contributed by atoms with Crippen LogP contribution in [0, 0.1) is 5.92 Å². The van der Waals surface area contributed by atoms with Crippen LogP contribution in [0.3, 0.4) is 0 Å². The highest BCUT2D eigenvalue weighted by atomic mass is 32.2. The van der Waals surface area contributed by atoms with E-state index in [1.165, 1.54) is 18.4 Å². The third kappa shape index (κ3) is 5.24. The third-order valence-corrected chi connectivity index (χ3v) is 6.69. The van der Waals surface area contributed by atoms with Gasteiger partial charge in [-0.3, -0.25) is 9.59 Å². The van der Waals surface area contributed by atoms with Gasteiger partial charge in [-0.05, 0) is 42.5 Å². The van der Waals surface area contributed by atoms with Gasteiger partial charge in [-0.1, -0.05) is 12.1 Å². The standard InChI is InChI=1S/C23H23N3O6S/c1-31-19-7-3-6-18(13-19)26-15-16(11-22(26)27)23(28)25-17-5-2-9-21(12-17)33(29,30)24-14-20-8-4-10-32-20/h2-10,12-13,16,24H,11,14-15H2,1H3,(H,25,28). The molecule has 0 aliphatic carbocycles. The van der Waals surface area contributed by atoms with E-state index in [4.69, 9.17) is 9.15 Å². The van der Waals surface area contributed by atoms with Gasteiger partial charge < -0.3 is 19.4 Å². The fourth-order valence-corrected chi connectivity index (χ4v) is 4.60. The molecule has 1 aliphatic rings. The zero-order valence-electron chi connectivity index (χ0n) is 17.9. The van der Waals surface area contributed by atoms with Crippen molar-refractivity contribution < 1.29 is 27.2 Å². The smallest absolute Gasteiger partial charge is 0.241 e. The number of hydrogen-bond acceptors (Lipinski definition) is 6. The predicted octanol–water partition coefficient (Wildman–Crippen LogP) is 2.76. The summed E-state index contributed by atoms with van der Waals surface area (Å²) in [5.41, 5.74) is 0.985. The maximum absolute atomic E-state index is 12.8. The lowest BCUT2D eigenvalue weighted by atomic mass is 10.1. The number of amides is 2. The van der Waals surface area contributed by atoms with Crippen molar-refractivity contribution in [2.45, 2.75) is 17.9 Å². The minimum absolute atomic E-state index is 0.00682. The molecule has 1 fully saturated rings. The topological polar surface area (TPSA) is 118 Å². The van der Waals surface area contributed by atoms with Crippen LogP contribution in [-0.4, -0.2) is 33.9 Å². The van der Waals surface area contributed by atoms with Crippen LogP contribution >= 0.6 is 0 Å². The molecule has 1 unspecified atom stereocenters. The Hall–Kier alpha value is -3.63. The number of carbonyl (C=O) groups excluding carboxylic acids is 2. The van der Waals surface area contributed by atoms with Gasteiger partial charge in [0.25, 0.3) is 0 Å². The number of ether oxygens (including phenoxy) is 1. The molecule has 2 aromatic carbocycles. The molecule has 10 heteroatoms. The summed E-state index contributed by atoms with van der Waals surface area (Å²) < 4.78 is 38.0. The van der Waals surface area contributed by atoms with Crippen molar-refractivity contribution in [3.8, 4) is 5.75 Å². The summed E-state index contributed by atoms with van der Waals surface area (Å²) in [6.45, 7) is 0.233. The number of benzene rings is 2. The van der Waals surface area contributed by atoms with Gasteiger partial charge in [-0.15, -0.1) is 0 Å². The van der Waals surface area contributed by atoms with E-state index in [2.05, 4.69) is 10.0 Å². The van der Waals surface area contributed by atoms with Gasteiger partial charge >= 0.3 is 0 Å². The van der Waals surface area contributed by atoms with Crippen LogP contribution in [0.15, 0.2) is 76.2 Å². The molecule has 2 N–H and O–H groups in total. The van der Waals surface area contributed by atoms with Crippen LogP contribution < -0.4 is 19.7 Å².